The van der Waals surface area contributed by atoms with Gasteiger partial charge in [-0.25, -0.2) is 4.79 Å². The lowest BCUT2D eigenvalue weighted by atomic mass is 10.5. The largest absolute Gasteiger partial charge is 0.500 e. The highest BCUT2D eigenvalue weighted by molar-refractivity contribution is 9.09. The molecule has 11 heavy (non-hydrogen) atoms. The van der Waals surface area contributed by atoms with E-state index < -0.39 is 0 Å². The molecule has 0 aliphatic heterocycles. The van der Waals surface area contributed by atoms with Crippen molar-refractivity contribution >= 4 is 21.9 Å². The Morgan fingerprint density at radius 3 is 2.64 bits per heavy atom. The Kier molecular flexibility index (Phi) is 5.93. The molecule has 0 spiro atoms. The Hall–Kier alpha value is -0.510. The number of esters is 1. The highest BCUT2D eigenvalue weighted by Crippen LogP contribution is 2.00. The van der Waals surface area contributed by atoms with Crippen molar-refractivity contribution in [2.24, 2.45) is 0 Å². The van der Waals surface area contributed by atoms with Crippen molar-refractivity contribution < 1.29 is 14.3 Å². The average Bonchev–Trinajstić information content (AvgIpc) is 2.01. The number of carbonyl (C=O) groups is 1. The van der Waals surface area contributed by atoms with Crippen molar-refractivity contribution in [1.82, 2.24) is 0 Å². The number of hydrogen-bond acceptors (Lipinski definition) is 3. The number of methoxy groups -OCH3 is 1. The van der Waals surface area contributed by atoms with E-state index in [9.17, 15) is 4.79 Å². The van der Waals surface area contributed by atoms with E-state index in [-0.39, 0.29) is 5.97 Å². The summed E-state index contributed by atoms with van der Waals surface area (Å²) in [6, 6.07) is 0. The van der Waals surface area contributed by atoms with Gasteiger partial charge in [0.15, 0.2) is 0 Å². The van der Waals surface area contributed by atoms with Crippen LogP contribution < -0.4 is 0 Å². The minimum Gasteiger partial charge on any atom is -0.500 e. The maximum absolute atomic E-state index is 10.8. The van der Waals surface area contributed by atoms with Gasteiger partial charge in [-0.15, -0.1) is 0 Å². The van der Waals surface area contributed by atoms with Crippen molar-refractivity contribution in [2.75, 3.05) is 19.0 Å². The van der Waals surface area contributed by atoms with Gasteiger partial charge in [-0.05, 0) is 6.92 Å². The van der Waals surface area contributed by atoms with Gasteiger partial charge >= 0.3 is 5.97 Å². The van der Waals surface area contributed by atoms with E-state index in [4.69, 9.17) is 4.74 Å². The van der Waals surface area contributed by atoms with Crippen LogP contribution in [0.15, 0.2) is 11.8 Å². The smallest absolute Gasteiger partial charge is 0.334 e. The molecule has 0 aromatic carbocycles. The summed E-state index contributed by atoms with van der Waals surface area (Å²) in [6.45, 7) is 2.14. The Labute approximate surface area is 74.5 Å². The SMILES string of the molecule is CCOC(=O)/C=C(\CBr)OC. The van der Waals surface area contributed by atoms with Crippen molar-refractivity contribution in [2.45, 2.75) is 6.92 Å². The molecule has 0 fully saturated rings. The van der Waals surface area contributed by atoms with E-state index in [1.807, 2.05) is 0 Å². The Bertz CT molecular complexity index is 148. The van der Waals surface area contributed by atoms with Crippen molar-refractivity contribution in [1.29, 1.82) is 0 Å². The Morgan fingerprint density at radius 1 is 1.64 bits per heavy atom. The number of alkyl halides is 1. The molecule has 0 aromatic rings. The van der Waals surface area contributed by atoms with Gasteiger partial charge in [0.05, 0.1) is 25.1 Å². The minimum absolute atomic E-state index is 0.371. The monoisotopic (exact) mass is 222 g/mol. The van der Waals surface area contributed by atoms with Gasteiger partial charge < -0.3 is 9.47 Å². The summed E-state index contributed by atoms with van der Waals surface area (Å²) >= 11 is 3.15. The third-order valence-corrected chi connectivity index (χ3v) is 1.51. The molecule has 0 heterocycles. The lowest BCUT2D eigenvalue weighted by Gasteiger charge is -2.00. The Morgan fingerprint density at radius 2 is 2.27 bits per heavy atom. The molecule has 0 aliphatic carbocycles. The van der Waals surface area contributed by atoms with Crippen molar-refractivity contribution in [3.63, 3.8) is 0 Å². The summed E-state index contributed by atoms with van der Waals surface area (Å²) in [7, 11) is 1.51. The quantitative estimate of drug-likeness (QED) is 0.313. The first-order chi connectivity index (χ1) is 5.24. The van der Waals surface area contributed by atoms with Gasteiger partial charge in [0.1, 0.15) is 5.76 Å². The van der Waals surface area contributed by atoms with Crippen LogP contribution in [0.4, 0.5) is 0 Å². The third kappa shape index (κ3) is 4.84. The van der Waals surface area contributed by atoms with Crippen LogP contribution >= 0.6 is 15.9 Å². The number of carbonyl (C=O) groups excluding carboxylic acids is 1. The molecule has 64 valence electrons. The first kappa shape index (κ1) is 10.5. The molecule has 0 aliphatic rings. The fourth-order valence-corrected chi connectivity index (χ4v) is 0.858. The number of hydrogen-bond donors (Lipinski definition) is 0. The van der Waals surface area contributed by atoms with E-state index in [0.717, 1.165) is 0 Å². The van der Waals surface area contributed by atoms with Crippen LogP contribution in [0, 0.1) is 0 Å². The summed E-state index contributed by atoms with van der Waals surface area (Å²) in [5, 5.41) is 0.516. The van der Waals surface area contributed by atoms with E-state index in [0.29, 0.717) is 17.7 Å². The lowest BCUT2D eigenvalue weighted by molar-refractivity contribution is -0.137. The van der Waals surface area contributed by atoms with Crippen molar-refractivity contribution in [3.05, 3.63) is 11.8 Å². The third-order valence-electron chi connectivity index (χ3n) is 0.959. The molecular weight excluding hydrogens is 212 g/mol. The maximum Gasteiger partial charge on any atom is 0.334 e. The second-order valence-corrected chi connectivity index (χ2v) is 2.26. The summed E-state index contributed by atoms with van der Waals surface area (Å²) in [6.07, 6.45) is 1.32. The number of ether oxygens (including phenoxy) is 2. The van der Waals surface area contributed by atoms with Gasteiger partial charge in [0.2, 0.25) is 0 Å². The van der Waals surface area contributed by atoms with E-state index in [1.165, 1.54) is 13.2 Å². The van der Waals surface area contributed by atoms with E-state index >= 15 is 0 Å². The maximum atomic E-state index is 10.8. The second-order valence-electron chi connectivity index (χ2n) is 1.70. The number of allylic oxidation sites excluding steroid dienone is 1. The predicted molar refractivity (Wildman–Crippen MR) is 45.5 cm³/mol. The van der Waals surface area contributed by atoms with E-state index in [2.05, 4.69) is 20.7 Å². The molecule has 3 nitrogen and oxygen atoms in total. The van der Waals surface area contributed by atoms with E-state index in [1.54, 1.807) is 6.92 Å². The number of rotatable bonds is 4. The van der Waals surface area contributed by atoms with Crippen molar-refractivity contribution in [3.8, 4) is 0 Å². The van der Waals surface area contributed by atoms with Crippen LogP contribution in [0.25, 0.3) is 0 Å². The van der Waals surface area contributed by atoms with Crippen LogP contribution in [0.5, 0.6) is 0 Å². The molecular formula is C7H11BrO3. The summed E-state index contributed by atoms with van der Waals surface area (Å²) in [4.78, 5) is 10.8. The fraction of sp³-hybridized carbons (Fsp3) is 0.571. The molecule has 0 saturated heterocycles. The van der Waals surface area contributed by atoms with Gasteiger partial charge in [-0.3, -0.25) is 0 Å². The van der Waals surface area contributed by atoms with Crippen LogP contribution in [-0.4, -0.2) is 25.0 Å². The van der Waals surface area contributed by atoms with Gasteiger partial charge in [-0.2, -0.15) is 0 Å². The Balaban J connectivity index is 3.93. The highest BCUT2D eigenvalue weighted by atomic mass is 79.9. The van der Waals surface area contributed by atoms with Gasteiger partial charge in [0, 0.05) is 0 Å². The second kappa shape index (κ2) is 6.22. The topological polar surface area (TPSA) is 35.5 Å². The van der Waals surface area contributed by atoms with Crippen LogP contribution in [0.2, 0.25) is 0 Å². The molecule has 0 atom stereocenters. The standard InChI is InChI=1S/C7H11BrO3/c1-3-11-7(9)4-6(5-8)10-2/h4H,3,5H2,1-2H3/b6-4+. The molecule has 0 radical (unpaired) electrons. The van der Waals surface area contributed by atoms with Crippen LogP contribution in [0.1, 0.15) is 6.92 Å². The van der Waals surface area contributed by atoms with Crippen LogP contribution in [-0.2, 0) is 14.3 Å². The molecule has 0 aromatic heterocycles. The first-order valence-electron chi connectivity index (χ1n) is 3.21. The average molecular weight is 223 g/mol. The van der Waals surface area contributed by atoms with Gasteiger partial charge in [0.25, 0.3) is 0 Å². The first-order valence-corrected chi connectivity index (χ1v) is 4.34. The lowest BCUT2D eigenvalue weighted by Crippen LogP contribution is -2.02. The molecule has 0 unspecified atom stereocenters. The molecule has 0 N–H and O–H groups in total. The number of halogens is 1. The summed E-state index contributed by atoms with van der Waals surface area (Å²) in [5.74, 6) is 0.187. The summed E-state index contributed by atoms with van der Waals surface area (Å²) < 4.78 is 9.49. The molecule has 0 rings (SSSR count). The molecule has 0 saturated carbocycles. The van der Waals surface area contributed by atoms with Crippen LogP contribution in [0.3, 0.4) is 0 Å². The fourth-order valence-electron chi connectivity index (χ4n) is 0.467. The molecule has 0 bridgehead atoms. The zero-order valence-corrected chi connectivity index (χ0v) is 8.18. The minimum atomic E-state index is -0.371. The predicted octanol–water partition coefficient (Wildman–Crippen LogP) is 1.47. The normalized spacial score (nSPS) is 11.0. The zero-order valence-electron chi connectivity index (χ0n) is 6.59. The van der Waals surface area contributed by atoms with Gasteiger partial charge in [-0.1, -0.05) is 15.9 Å². The summed E-state index contributed by atoms with van der Waals surface area (Å²) in [5.41, 5.74) is 0. The molecule has 0 amide bonds. The molecule has 4 heteroatoms. The highest BCUT2D eigenvalue weighted by Gasteiger charge is 1.99. The zero-order chi connectivity index (χ0) is 8.69.